The summed E-state index contributed by atoms with van der Waals surface area (Å²) in [7, 11) is 0. The molecule has 100 valence electrons. The number of hydrogen-bond acceptors (Lipinski definition) is 4. The number of aromatic nitrogens is 2. The number of nitrogens with zero attached hydrogens (tertiary/aromatic N) is 3. The lowest BCUT2D eigenvalue weighted by atomic mass is 10.0. The first kappa shape index (κ1) is 12.1. The third-order valence-electron chi connectivity index (χ3n) is 4.16. The van der Waals surface area contributed by atoms with Gasteiger partial charge >= 0.3 is 0 Å². The van der Waals surface area contributed by atoms with E-state index < -0.39 is 0 Å². The summed E-state index contributed by atoms with van der Waals surface area (Å²) in [5.41, 5.74) is 1.26. The van der Waals surface area contributed by atoms with Crippen LogP contribution in [-0.2, 0) is 17.8 Å². The Bertz CT molecular complexity index is 387. The van der Waals surface area contributed by atoms with Crippen molar-refractivity contribution in [1.29, 1.82) is 0 Å². The zero-order chi connectivity index (χ0) is 12.4. The summed E-state index contributed by atoms with van der Waals surface area (Å²) in [5, 5.41) is 14.0. The molecule has 0 aliphatic carbocycles. The second-order valence-corrected chi connectivity index (χ2v) is 5.19. The lowest BCUT2D eigenvalue weighted by Crippen LogP contribution is -2.46. The fourth-order valence-electron chi connectivity index (χ4n) is 3.09. The van der Waals surface area contributed by atoms with Gasteiger partial charge in [-0.05, 0) is 25.3 Å². The predicted molar refractivity (Wildman–Crippen MR) is 67.1 cm³/mol. The van der Waals surface area contributed by atoms with Crippen LogP contribution in [-0.4, -0.2) is 51.7 Å². The van der Waals surface area contributed by atoms with Crippen molar-refractivity contribution in [3.05, 3.63) is 18.0 Å². The zero-order valence-electron chi connectivity index (χ0n) is 10.7. The first-order valence-electron chi connectivity index (χ1n) is 6.83. The molecule has 0 radical (unpaired) electrons. The van der Waals surface area contributed by atoms with Gasteiger partial charge < -0.3 is 9.84 Å². The van der Waals surface area contributed by atoms with Crippen molar-refractivity contribution >= 4 is 0 Å². The van der Waals surface area contributed by atoms with Crippen LogP contribution in [0.4, 0.5) is 0 Å². The largest absolute Gasteiger partial charge is 0.395 e. The third kappa shape index (κ3) is 2.30. The van der Waals surface area contributed by atoms with E-state index in [1.165, 1.54) is 5.69 Å². The van der Waals surface area contributed by atoms with Gasteiger partial charge in [-0.2, -0.15) is 5.10 Å². The molecule has 3 heterocycles. The number of aliphatic hydroxyl groups excluding tert-OH is 1. The molecular formula is C13H21N3O2. The van der Waals surface area contributed by atoms with Crippen LogP contribution in [0.25, 0.3) is 0 Å². The first-order chi connectivity index (χ1) is 8.88. The van der Waals surface area contributed by atoms with E-state index in [1.54, 1.807) is 0 Å². The van der Waals surface area contributed by atoms with Crippen molar-refractivity contribution in [3.63, 3.8) is 0 Å². The molecule has 0 aromatic carbocycles. The highest BCUT2D eigenvalue weighted by molar-refractivity contribution is 5.03. The van der Waals surface area contributed by atoms with Crippen LogP contribution in [0, 0.1) is 0 Å². The minimum absolute atomic E-state index is 0.238. The topological polar surface area (TPSA) is 50.5 Å². The van der Waals surface area contributed by atoms with Gasteiger partial charge in [0.15, 0.2) is 0 Å². The summed E-state index contributed by atoms with van der Waals surface area (Å²) in [6.45, 7) is 3.74. The summed E-state index contributed by atoms with van der Waals surface area (Å²) in [4.78, 5) is 2.46. The molecule has 1 fully saturated rings. The molecule has 0 spiro atoms. The van der Waals surface area contributed by atoms with Crippen LogP contribution in [0.2, 0.25) is 0 Å². The van der Waals surface area contributed by atoms with E-state index in [9.17, 15) is 5.11 Å². The van der Waals surface area contributed by atoms with Gasteiger partial charge in [-0.1, -0.05) is 0 Å². The Kier molecular flexibility index (Phi) is 3.63. The van der Waals surface area contributed by atoms with Crippen LogP contribution in [0.15, 0.2) is 12.3 Å². The molecule has 1 aromatic heterocycles. The average molecular weight is 251 g/mol. The Morgan fingerprint density at radius 1 is 1.33 bits per heavy atom. The standard InChI is InChI=1S/C13H21N3O2/c17-10-13-2-6-16-12(1-5-14-16)9-15(13)11-3-7-18-8-4-11/h1,5,11,13,17H,2-4,6-10H2/t13-/m0/s1. The molecule has 18 heavy (non-hydrogen) atoms. The number of rotatable bonds is 2. The van der Waals surface area contributed by atoms with Crippen molar-refractivity contribution in [3.8, 4) is 0 Å². The Hall–Kier alpha value is -0.910. The van der Waals surface area contributed by atoms with Crippen molar-refractivity contribution < 1.29 is 9.84 Å². The molecule has 0 amide bonds. The Balaban J connectivity index is 1.80. The zero-order valence-corrected chi connectivity index (χ0v) is 10.7. The van der Waals surface area contributed by atoms with Crippen LogP contribution >= 0.6 is 0 Å². The predicted octanol–water partition coefficient (Wildman–Crippen LogP) is 0.629. The molecule has 2 aliphatic rings. The van der Waals surface area contributed by atoms with Gasteiger partial charge in [0, 0.05) is 44.6 Å². The number of ether oxygens (including phenoxy) is 1. The maximum Gasteiger partial charge on any atom is 0.0587 e. The van der Waals surface area contributed by atoms with Gasteiger partial charge in [-0.3, -0.25) is 9.58 Å². The van der Waals surface area contributed by atoms with Crippen molar-refractivity contribution in [2.75, 3.05) is 19.8 Å². The second kappa shape index (κ2) is 5.38. The molecule has 3 rings (SSSR count). The minimum atomic E-state index is 0.238. The fourth-order valence-corrected chi connectivity index (χ4v) is 3.09. The maximum atomic E-state index is 9.63. The van der Waals surface area contributed by atoms with Crippen LogP contribution in [0.3, 0.4) is 0 Å². The highest BCUT2D eigenvalue weighted by atomic mass is 16.5. The number of aryl methyl sites for hydroxylation is 1. The van der Waals surface area contributed by atoms with E-state index in [4.69, 9.17) is 4.74 Å². The fraction of sp³-hybridized carbons (Fsp3) is 0.769. The van der Waals surface area contributed by atoms with Crippen LogP contribution in [0.1, 0.15) is 25.0 Å². The van der Waals surface area contributed by atoms with Gasteiger partial charge in [0.05, 0.1) is 12.3 Å². The highest BCUT2D eigenvalue weighted by Crippen LogP contribution is 2.24. The number of fused-ring (bicyclic) bond motifs is 1. The van der Waals surface area contributed by atoms with Gasteiger partial charge in [0.1, 0.15) is 0 Å². The van der Waals surface area contributed by atoms with E-state index >= 15 is 0 Å². The van der Waals surface area contributed by atoms with E-state index in [-0.39, 0.29) is 12.6 Å². The van der Waals surface area contributed by atoms with Crippen LogP contribution in [0.5, 0.6) is 0 Å². The van der Waals surface area contributed by atoms with E-state index in [0.29, 0.717) is 6.04 Å². The molecule has 0 unspecified atom stereocenters. The van der Waals surface area contributed by atoms with E-state index in [2.05, 4.69) is 20.7 Å². The summed E-state index contributed by atoms with van der Waals surface area (Å²) in [5.74, 6) is 0. The molecule has 1 aromatic rings. The van der Waals surface area contributed by atoms with Gasteiger partial charge in [-0.15, -0.1) is 0 Å². The van der Waals surface area contributed by atoms with Crippen molar-refractivity contribution in [2.45, 2.75) is 44.4 Å². The summed E-state index contributed by atoms with van der Waals surface area (Å²) < 4.78 is 7.51. The van der Waals surface area contributed by atoms with Gasteiger partial charge in [-0.25, -0.2) is 0 Å². The quantitative estimate of drug-likeness (QED) is 0.837. The summed E-state index contributed by atoms with van der Waals surface area (Å²) in [6.07, 6.45) is 4.99. The molecule has 5 heteroatoms. The lowest BCUT2D eigenvalue weighted by molar-refractivity contribution is -0.000320. The minimum Gasteiger partial charge on any atom is -0.395 e. The SMILES string of the molecule is OC[C@@H]1CCn2nccc2CN1C1CCOCC1. The molecule has 2 aliphatic heterocycles. The Morgan fingerprint density at radius 3 is 2.94 bits per heavy atom. The second-order valence-electron chi connectivity index (χ2n) is 5.19. The number of hydrogen-bond donors (Lipinski definition) is 1. The van der Waals surface area contributed by atoms with E-state index in [0.717, 1.165) is 45.6 Å². The third-order valence-corrected chi connectivity index (χ3v) is 4.16. The van der Waals surface area contributed by atoms with Gasteiger partial charge in [0.2, 0.25) is 0 Å². The normalized spacial score (nSPS) is 26.8. The molecule has 1 atom stereocenters. The Morgan fingerprint density at radius 2 is 2.17 bits per heavy atom. The van der Waals surface area contributed by atoms with Crippen molar-refractivity contribution in [2.24, 2.45) is 0 Å². The monoisotopic (exact) mass is 251 g/mol. The smallest absolute Gasteiger partial charge is 0.0587 e. The average Bonchev–Trinajstić information content (AvgIpc) is 2.79. The Labute approximate surface area is 107 Å². The molecule has 1 saturated heterocycles. The highest BCUT2D eigenvalue weighted by Gasteiger charge is 2.30. The van der Waals surface area contributed by atoms with E-state index in [1.807, 2.05) is 6.20 Å². The van der Waals surface area contributed by atoms with Crippen molar-refractivity contribution in [1.82, 2.24) is 14.7 Å². The number of aliphatic hydroxyl groups is 1. The maximum absolute atomic E-state index is 9.63. The molecular weight excluding hydrogens is 230 g/mol. The molecule has 5 nitrogen and oxygen atoms in total. The lowest BCUT2D eigenvalue weighted by Gasteiger charge is -2.37. The summed E-state index contributed by atoms with van der Waals surface area (Å²) >= 11 is 0. The molecule has 1 N–H and O–H groups in total. The first-order valence-corrected chi connectivity index (χ1v) is 6.83. The van der Waals surface area contributed by atoms with Gasteiger partial charge in [0.25, 0.3) is 0 Å². The summed E-state index contributed by atoms with van der Waals surface area (Å²) in [6, 6.07) is 2.89. The molecule has 0 bridgehead atoms. The molecule has 0 saturated carbocycles. The van der Waals surface area contributed by atoms with Crippen LogP contribution < -0.4 is 0 Å².